The molecule has 2 aliphatic heterocycles. The van der Waals surface area contributed by atoms with Crippen molar-refractivity contribution in [2.45, 2.75) is 25.8 Å². The number of likely N-dealkylation sites (N-methyl/N-ethyl adjacent to an activating group) is 1. The lowest BCUT2D eigenvalue weighted by Crippen LogP contribution is -2.55. The van der Waals surface area contributed by atoms with E-state index in [1.807, 2.05) is 24.0 Å². The van der Waals surface area contributed by atoms with Gasteiger partial charge < -0.3 is 15.1 Å². The Hall–Kier alpha value is -1.93. The van der Waals surface area contributed by atoms with Crippen LogP contribution in [0.3, 0.4) is 0 Å². The van der Waals surface area contributed by atoms with Crippen molar-refractivity contribution >= 4 is 33.7 Å². The number of hydrogen-bond donors (Lipinski definition) is 1. The van der Waals surface area contributed by atoms with Crippen LogP contribution in [0.1, 0.15) is 30.1 Å². The molecule has 2 saturated heterocycles. The lowest BCUT2D eigenvalue weighted by Gasteiger charge is -2.37. The molecule has 3 rings (SSSR count). The Morgan fingerprint density at radius 1 is 1.07 bits per heavy atom. The maximum atomic E-state index is 13.1. The van der Waals surface area contributed by atoms with Gasteiger partial charge in [0.1, 0.15) is 6.04 Å². The van der Waals surface area contributed by atoms with Gasteiger partial charge >= 0.3 is 0 Å². The predicted octanol–water partition coefficient (Wildman–Crippen LogP) is 1.33. The summed E-state index contributed by atoms with van der Waals surface area (Å²) >= 11 is 3.38. The van der Waals surface area contributed by atoms with Crippen LogP contribution >= 0.6 is 15.9 Å². The molecule has 8 heteroatoms. The molecule has 1 N–H and O–H groups in total. The fourth-order valence-corrected chi connectivity index (χ4v) is 4.08. The molecular weight excluding hydrogens is 424 g/mol. The van der Waals surface area contributed by atoms with Gasteiger partial charge in [0.2, 0.25) is 11.8 Å². The third kappa shape index (κ3) is 4.91. The SMILES string of the molecule is CCNC(=O)CN1CCN(C(=O)C2CCCN2C(=O)c2ccc(Br)cc2)CC1. The normalized spacial score (nSPS) is 20.3. The smallest absolute Gasteiger partial charge is 0.254 e. The number of halogens is 1. The number of carbonyl (C=O) groups is 3. The molecule has 0 saturated carbocycles. The van der Waals surface area contributed by atoms with E-state index in [1.165, 1.54) is 0 Å². The quantitative estimate of drug-likeness (QED) is 0.734. The Morgan fingerprint density at radius 2 is 1.75 bits per heavy atom. The third-order valence-electron chi connectivity index (χ3n) is 5.32. The van der Waals surface area contributed by atoms with Crippen molar-refractivity contribution in [3.8, 4) is 0 Å². The number of amides is 3. The average molecular weight is 451 g/mol. The minimum Gasteiger partial charge on any atom is -0.355 e. The molecule has 152 valence electrons. The van der Waals surface area contributed by atoms with E-state index in [2.05, 4.69) is 26.1 Å². The third-order valence-corrected chi connectivity index (χ3v) is 5.84. The maximum absolute atomic E-state index is 13.1. The lowest BCUT2D eigenvalue weighted by atomic mass is 10.1. The van der Waals surface area contributed by atoms with Crippen LogP contribution < -0.4 is 5.32 Å². The van der Waals surface area contributed by atoms with E-state index in [1.54, 1.807) is 17.0 Å². The molecule has 0 aromatic heterocycles. The van der Waals surface area contributed by atoms with Crippen LogP contribution in [0.5, 0.6) is 0 Å². The second-order valence-electron chi connectivity index (χ2n) is 7.22. The van der Waals surface area contributed by atoms with Crippen LogP contribution in [-0.4, -0.2) is 84.3 Å². The largest absolute Gasteiger partial charge is 0.355 e. The van der Waals surface area contributed by atoms with E-state index >= 15 is 0 Å². The zero-order chi connectivity index (χ0) is 20.1. The Morgan fingerprint density at radius 3 is 2.39 bits per heavy atom. The van der Waals surface area contributed by atoms with E-state index in [4.69, 9.17) is 0 Å². The molecule has 28 heavy (non-hydrogen) atoms. The van der Waals surface area contributed by atoms with Crippen LogP contribution in [0, 0.1) is 0 Å². The number of piperazine rings is 1. The summed E-state index contributed by atoms with van der Waals surface area (Å²) < 4.78 is 0.920. The van der Waals surface area contributed by atoms with Crippen molar-refractivity contribution in [2.75, 3.05) is 45.8 Å². The highest BCUT2D eigenvalue weighted by atomic mass is 79.9. The molecular formula is C20H27BrN4O3. The average Bonchev–Trinajstić information content (AvgIpc) is 3.18. The Kier molecular flexibility index (Phi) is 7.07. The van der Waals surface area contributed by atoms with Gasteiger partial charge in [0.05, 0.1) is 6.54 Å². The molecule has 0 spiro atoms. The first-order valence-electron chi connectivity index (χ1n) is 9.84. The number of carbonyl (C=O) groups excluding carboxylic acids is 3. The van der Waals surface area contributed by atoms with Gasteiger partial charge in [0.15, 0.2) is 0 Å². The Bertz CT molecular complexity index is 717. The number of likely N-dealkylation sites (tertiary alicyclic amines) is 1. The molecule has 3 amide bonds. The van der Waals surface area contributed by atoms with E-state index in [0.29, 0.717) is 57.8 Å². The lowest BCUT2D eigenvalue weighted by molar-refractivity contribution is -0.137. The van der Waals surface area contributed by atoms with Gasteiger partial charge in [-0.25, -0.2) is 0 Å². The summed E-state index contributed by atoms with van der Waals surface area (Å²) in [5.41, 5.74) is 0.606. The van der Waals surface area contributed by atoms with Crippen molar-refractivity contribution in [3.05, 3.63) is 34.3 Å². The Labute approximate surface area is 174 Å². The van der Waals surface area contributed by atoms with Crippen LogP contribution in [0.15, 0.2) is 28.7 Å². The van der Waals surface area contributed by atoms with Crippen molar-refractivity contribution in [3.63, 3.8) is 0 Å². The maximum Gasteiger partial charge on any atom is 0.254 e. The van der Waals surface area contributed by atoms with E-state index < -0.39 is 0 Å². The Balaban J connectivity index is 1.57. The van der Waals surface area contributed by atoms with Crippen molar-refractivity contribution < 1.29 is 14.4 Å². The van der Waals surface area contributed by atoms with Crippen LogP contribution in [0.4, 0.5) is 0 Å². The number of nitrogens with one attached hydrogen (secondary N) is 1. The van der Waals surface area contributed by atoms with Gasteiger partial charge in [-0.1, -0.05) is 15.9 Å². The number of rotatable bonds is 5. The number of benzene rings is 1. The van der Waals surface area contributed by atoms with Crippen molar-refractivity contribution in [2.24, 2.45) is 0 Å². The summed E-state index contributed by atoms with van der Waals surface area (Å²) in [4.78, 5) is 43.3. The predicted molar refractivity (Wildman–Crippen MR) is 110 cm³/mol. The first kappa shape index (κ1) is 20.8. The first-order chi connectivity index (χ1) is 13.5. The molecule has 0 aliphatic carbocycles. The monoisotopic (exact) mass is 450 g/mol. The van der Waals surface area contributed by atoms with E-state index in [9.17, 15) is 14.4 Å². The topological polar surface area (TPSA) is 73.0 Å². The van der Waals surface area contributed by atoms with Crippen LogP contribution in [0.25, 0.3) is 0 Å². The van der Waals surface area contributed by atoms with Gasteiger partial charge in [-0.15, -0.1) is 0 Å². The minimum atomic E-state index is -0.383. The molecule has 1 unspecified atom stereocenters. The van der Waals surface area contributed by atoms with Crippen molar-refractivity contribution in [1.29, 1.82) is 0 Å². The summed E-state index contributed by atoms with van der Waals surface area (Å²) in [6.45, 7) is 6.05. The second kappa shape index (κ2) is 9.52. The standard InChI is InChI=1S/C20H27BrN4O3/c1-2-22-18(26)14-23-10-12-24(13-11-23)20(28)17-4-3-9-25(17)19(27)15-5-7-16(21)8-6-15/h5-8,17H,2-4,9-14H2,1H3,(H,22,26). The summed E-state index contributed by atoms with van der Waals surface area (Å²) in [5.74, 6) is -0.0387. The van der Waals surface area contributed by atoms with Crippen LogP contribution in [-0.2, 0) is 9.59 Å². The van der Waals surface area contributed by atoms with Gasteiger partial charge in [0.25, 0.3) is 5.91 Å². The molecule has 1 aromatic carbocycles. The molecule has 2 fully saturated rings. The van der Waals surface area contributed by atoms with Crippen molar-refractivity contribution in [1.82, 2.24) is 20.0 Å². The number of nitrogens with zero attached hydrogens (tertiary/aromatic N) is 3. The molecule has 0 bridgehead atoms. The molecule has 0 radical (unpaired) electrons. The number of hydrogen-bond acceptors (Lipinski definition) is 4. The zero-order valence-corrected chi connectivity index (χ0v) is 17.8. The first-order valence-corrected chi connectivity index (χ1v) is 10.6. The van der Waals surface area contributed by atoms with E-state index in [0.717, 1.165) is 10.9 Å². The van der Waals surface area contributed by atoms with Gasteiger partial charge in [-0.05, 0) is 44.0 Å². The molecule has 2 aliphatic rings. The molecule has 1 aromatic rings. The van der Waals surface area contributed by atoms with Gasteiger partial charge in [0, 0.05) is 49.3 Å². The highest BCUT2D eigenvalue weighted by Crippen LogP contribution is 2.23. The summed E-state index contributed by atoms with van der Waals surface area (Å²) in [5, 5.41) is 2.80. The minimum absolute atomic E-state index is 0.0179. The summed E-state index contributed by atoms with van der Waals surface area (Å²) in [6.07, 6.45) is 1.55. The molecule has 1 atom stereocenters. The molecule has 7 nitrogen and oxygen atoms in total. The second-order valence-corrected chi connectivity index (χ2v) is 8.13. The fourth-order valence-electron chi connectivity index (χ4n) is 3.82. The van der Waals surface area contributed by atoms with E-state index in [-0.39, 0.29) is 23.8 Å². The summed E-state index contributed by atoms with van der Waals surface area (Å²) in [7, 11) is 0. The zero-order valence-electron chi connectivity index (χ0n) is 16.2. The summed E-state index contributed by atoms with van der Waals surface area (Å²) in [6, 6.07) is 6.87. The van der Waals surface area contributed by atoms with Gasteiger partial charge in [-0.2, -0.15) is 0 Å². The highest BCUT2D eigenvalue weighted by Gasteiger charge is 2.37. The fraction of sp³-hybridized carbons (Fsp3) is 0.550. The highest BCUT2D eigenvalue weighted by molar-refractivity contribution is 9.10. The molecule has 2 heterocycles. The van der Waals surface area contributed by atoms with Gasteiger partial charge in [-0.3, -0.25) is 19.3 Å². The van der Waals surface area contributed by atoms with Crippen LogP contribution in [0.2, 0.25) is 0 Å².